The molecule has 1 fully saturated rings. The Morgan fingerprint density at radius 2 is 1.67 bits per heavy atom. The Kier molecular flexibility index (Phi) is 6.86. The highest BCUT2D eigenvalue weighted by Crippen LogP contribution is 2.34. The molecule has 176 valence electrons. The van der Waals surface area contributed by atoms with Crippen molar-refractivity contribution in [2.75, 3.05) is 42.5 Å². The van der Waals surface area contributed by atoms with Crippen molar-refractivity contribution in [3.05, 3.63) is 52.0 Å². The standard InChI is InChI=1S/C22H23Cl2N3O5S/c23-17-2-1-3-19(22(17)24)25-10-12-26(13-11-25)33(31,32)16-4-5-18-15(14-16)8-9-27(18)20(28)6-7-21(29)30/h1-5,14H,6-13H2,(H,29,30). The van der Waals surface area contributed by atoms with Crippen LogP contribution in [0.3, 0.4) is 0 Å². The molecule has 0 radical (unpaired) electrons. The van der Waals surface area contributed by atoms with Crippen LogP contribution in [0.1, 0.15) is 18.4 Å². The van der Waals surface area contributed by atoms with Gasteiger partial charge in [-0.25, -0.2) is 8.42 Å². The number of anilines is 2. The SMILES string of the molecule is O=C(O)CCC(=O)N1CCc2cc(S(=O)(=O)N3CCN(c4cccc(Cl)c4Cl)CC3)ccc21. The zero-order chi connectivity index (χ0) is 23.8. The molecule has 11 heteroatoms. The Balaban J connectivity index is 1.46. The van der Waals surface area contributed by atoms with Gasteiger partial charge in [-0.3, -0.25) is 9.59 Å². The van der Waals surface area contributed by atoms with Gasteiger partial charge in [0, 0.05) is 44.8 Å². The molecule has 0 saturated carbocycles. The summed E-state index contributed by atoms with van der Waals surface area (Å²) in [5.74, 6) is -1.30. The number of benzene rings is 2. The maximum Gasteiger partial charge on any atom is 0.303 e. The van der Waals surface area contributed by atoms with Gasteiger partial charge in [-0.1, -0.05) is 29.3 Å². The third-order valence-corrected chi connectivity index (χ3v) is 8.65. The molecular formula is C22H23Cl2N3O5S. The second-order valence-electron chi connectivity index (χ2n) is 7.94. The third-order valence-electron chi connectivity index (χ3n) is 5.95. The largest absolute Gasteiger partial charge is 0.481 e. The van der Waals surface area contributed by atoms with E-state index in [-0.39, 0.29) is 23.6 Å². The Bertz CT molecular complexity index is 1200. The zero-order valence-corrected chi connectivity index (χ0v) is 20.0. The quantitative estimate of drug-likeness (QED) is 0.638. The lowest BCUT2D eigenvalue weighted by molar-refractivity contribution is -0.138. The zero-order valence-electron chi connectivity index (χ0n) is 17.7. The number of nitrogens with zero attached hydrogens (tertiary/aromatic N) is 3. The lowest BCUT2D eigenvalue weighted by atomic mass is 10.2. The average molecular weight is 512 g/mol. The van der Waals surface area contributed by atoms with Gasteiger partial charge in [0.15, 0.2) is 0 Å². The van der Waals surface area contributed by atoms with E-state index in [1.165, 1.54) is 15.3 Å². The number of hydrogen-bond donors (Lipinski definition) is 1. The van der Waals surface area contributed by atoms with Gasteiger partial charge in [-0.15, -0.1) is 0 Å². The number of hydrogen-bond acceptors (Lipinski definition) is 5. The molecule has 2 aromatic carbocycles. The first-order valence-corrected chi connectivity index (χ1v) is 12.7. The Labute approximate surface area is 202 Å². The van der Waals surface area contributed by atoms with E-state index in [0.717, 1.165) is 11.3 Å². The minimum atomic E-state index is -3.70. The number of halogens is 2. The molecule has 0 spiro atoms. The number of aliphatic carboxylic acids is 1. The fraction of sp³-hybridized carbons (Fsp3) is 0.364. The van der Waals surface area contributed by atoms with Crippen LogP contribution in [0.25, 0.3) is 0 Å². The molecule has 4 rings (SSSR count). The van der Waals surface area contributed by atoms with Crippen molar-refractivity contribution in [3.63, 3.8) is 0 Å². The second kappa shape index (κ2) is 9.50. The van der Waals surface area contributed by atoms with Crippen LogP contribution in [0, 0.1) is 0 Å². The summed E-state index contributed by atoms with van der Waals surface area (Å²) in [7, 11) is -3.70. The smallest absolute Gasteiger partial charge is 0.303 e. The van der Waals surface area contributed by atoms with Crippen LogP contribution in [0.5, 0.6) is 0 Å². The number of carboxylic acids is 1. The van der Waals surface area contributed by atoms with E-state index in [9.17, 15) is 18.0 Å². The van der Waals surface area contributed by atoms with Crippen LogP contribution >= 0.6 is 23.2 Å². The molecule has 2 heterocycles. The van der Waals surface area contributed by atoms with Crippen molar-refractivity contribution in [1.29, 1.82) is 0 Å². The second-order valence-corrected chi connectivity index (χ2v) is 10.7. The molecule has 33 heavy (non-hydrogen) atoms. The summed E-state index contributed by atoms with van der Waals surface area (Å²) in [6, 6.07) is 10.2. The maximum absolute atomic E-state index is 13.3. The van der Waals surface area contributed by atoms with Crippen molar-refractivity contribution in [3.8, 4) is 0 Å². The van der Waals surface area contributed by atoms with E-state index in [2.05, 4.69) is 0 Å². The minimum Gasteiger partial charge on any atom is -0.481 e. The molecule has 1 amide bonds. The molecule has 0 aliphatic carbocycles. The Morgan fingerprint density at radius 1 is 0.939 bits per heavy atom. The van der Waals surface area contributed by atoms with Crippen LogP contribution in [-0.4, -0.2) is 62.4 Å². The van der Waals surface area contributed by atoms with Gasteiger partial charge in [0.1, 0.15) is 0 Å². The van der Waals surface area contributed by atoms with Crippen molar-refractivity contribution in [1.82, 2.24) is 4.31 Å². The molecule has 8 nitrogen and oxygen atoms in total. The van der Waals surface area contributed by atoms with Crippen molar-refractivity contribution >= 4 is 56.5 Å². The molecule has 2 aliphatic rings. The summed E-state index contributed by atoms with van der Waals surface area (Å²) in [4.78, 5) is 26.8. The van der Waals surface area contributed by atoms with E-state index >= 15 is 0 Å². The first kappa shape index (κ1) is 23.8. The van der Waals surface area contributed by atoms with Gasteiger partial charge in [0.05, 0.1) is 27.0 Å². The van der Waals surface area contributed by atoms with Crippen LogP contribution in [0.4, 0.5) is 11.4 Å². The average Bonchev–Trinajstić information content (AvgIpc) is 3.23. The highest BCUT2D eigenvalue weighted by atomic mass is 35.5. The normalized spacial score (nSPS) is 16.7. The molecule has 0 bridgehead atoms. The summed E-state index contributed by atoms with van der Waals surface area (Å²) in [6.07, 6.45) is 0.206. The van der Waals surface area contributed by atoms with E-state index in [0.29, 0.717) is 54.9 Å². The number of sulfonamides is 1. The van der Waals surface area contributed by atoms with E-state index in [1.54, 1.807) is 18.2 Å². The molecule has 1 N–H and O–H groups in total. The first-order chi connectivity index (χ1) is 15.7. The van der Waals surface area contributed by atoms with Crippen LogP contribution < -0.4 is 9.80 Å². The molecule has 0 aromatic heterocycles. The van der Waals surface area contributed by atoms with Gasteiger partial charge in [0.25, 0.3) is 0 Å². The molecular weight excluding hydrogens is 489 g/mol. The third kappa shape index (κ3) is 4.82. The molecule has 0 unspecified atom stereocenters. The number of carbonyl (C=O) groups is 2. The van der Waals surface area contributed by atoms with Gasteiger partial charge in [-0.05, 0) is 42.3 Å². The lowest BCUT2D eigenvalue weighted by Crippen LogP contribution is -2.48. The first-order valence-electron chi connectivity index (χ1n) is 10.5. The van der Waals surface area contributed by atoms with Gasteiger partial charge < -0.3 is 14.9 Å². The number of amides is 1. The van der Waals surface area contributed by atoms with Crippen molar-refractivity contribution in [2.45, 2.75) is 24.2 Å². The van der Waals surface area contributed by atoms with E-state index in [4.69, 9.17) is 28.3 Å². The number of rotatable bonds is 6. The number of piperazine rings is 1. The monoisotopic (exact) mass is 511 g/mol. The number of carbonyl (C=O) groups excluding carboxylic acids is 1. The lowest BCUT2D eigenvalue weighted by Gasteiger charge is -2.36. The summed E-state index contributed by atoms with van der Waals surface area (Å²) in [5, 5.41) is 9.71. The fourth-order valence-electron chi connectivity index (χ4n) is 4.20. The number of fused-ring (bicyclic) bond motifs is 1. The van der Waals surface area contributed by atoms with E-state index < -0.39 is 16.0 Å². The predicted molar refractivity (Wildman–Crippen MR) is 127 cm³/mol. The van der Waals surface area contributed by atoms with Gasteiger partial charge in [-0.2, -0.15) is 4.31 Å². The van der Waals surface area contributed by atoms with Crippen LogP contribution in [0.2, 0.25) is 10.0 Å². The maximum atomic E-state index is 13.3. The highest BCUT2D eigenvalue weighted by Gasteiger charge is 2.32. The summed E-state index contributed by atoms with van der Waals surface area (Å²) in [5.41, 5.74) is 2.19. The predicted octanol–water partition coefficient (Wildman–Crippen LogP) is 3.26. The topological polar surface area (TPSA) is 98.2 Å². The molecule has 2 aliphatic heterocycles. The van der Waals surface area contributed by atoms with Crippen LogP contribution in [0.15, 0.2) is 41.3 Å². The Hall–Kier alpha value is -2.33. The summed E-state index contributed by atoms with van der Waals surface area (Å²) >= 11 is 12.4. The molecule has 2 aromatic rings. The highest BCUT2D eigenvalue weighted by molar-refractivity contribution is 7.89. The summed E-state index contributed by atoms with van der Waals surface area (Å²) < 4.78 is 28.0. The fourth-order valence-corrected chi connectivity index (χ4v) is 6.09. The van der Waals surface area contributed by atoms with Gasteiger partial charge >= 0.3 is 5.97 Å². The molecule has 0 atom stereocenters. The summed E-state index contributed by atoms with van der Waals surface area (Å²) in [6.45, 7) is 1.99. The van der Waals surface area contributed by atoms with Crippen molar-refractivity contribution < 1.29 is 23.1 Å². The van der Waals surface area contributed by atoms with Crippen LogP contribution in [-0.2, 0) is 26.0 Å². The molecule has 1 saturated heterocycles. The van der Waals surface area contributed by atoms with E-state index in [1.807, 2.05) is 17.0 Å². The van der Waals surface area contributed by atoms with Gasteiger partial charge in [0.2, 0.25) is 15.9 Å². The number of carboxylic acid groups (broad SMARTS) is 1. The minimum absolute atomic E-state index is 0.0876. The van der Waals surface area contributed by atoms with Crippen molar-refractivity contribution in [2.24, 2.45) is 0 Å². The Morgan fingerprint density at radius 3 is 2.36 bits per heavy atom.